The first-order valence-electron chi connectivity index (χ1n) is 9.12. The Balaban J connectivity index is 2.17. The Labute approximate surface area is 166 Å². The highest BCUT2D eigenvalue weighted by molar-refractivity contribution is 7.92. The van der Waals surface area contributed by atoms with Gasteiger partial charge in [0, 0.05) is 18.3 Å². The van der Waals surface area contributed by atoms with E-state index in [-0.39, 0.29) is 22.9 Å². The van der Waals surface area contributed by atoms with Gasteiger partial charge in [0.2, 0.25) is 26.0 Å². The van der Waals surface area contributed by atoms with Crippen molar-refractivity contribution in [2.45, 2.75) is 39.2 Å². The Morgan fingerprint density at radius 1 is 1.25 bits per heavy atom. The largest absolute Gasteiger partial charge is 0.494 e. The maximum Gasteiger partial charge on any atom is 0.242 e. The summed E-state index contributed by atoms with van der Waals surface area (Å²) in [5.74, 6) is -0.243. The standard InChI is InChI=1S/C17H27N3O6S2/c1-4-11-28(24,25)20-10-6-7-15(20)17(21)18-13-8-9-14(16(12-13)26-3)19-27(22,23)5-2/h8-9,12,15,19H,4-7,10-11H2,1-3H3,(H,18,21). The highest BCUT2D eigenvalue weighted by Crippen LogP contribution is 2.30. The van der Waals surface area contributed by atoms with Gasteiger partial charge < -0.3 is 10.1 Å². The van der Waals surface area contributed by atoms with E-state index >= 15 is 0 Å². The molecule has 1 aliphatic rings. The van der Waals surface area contributed by atoms with E-state index in [9.17, 15) is 21.6 Å². The molecule has 11 heteroatoms. The highest BCUT2D eigenvalue weighted by Gasteiger charge is 2.38. The minimum Gasteiger partial charge on any atom is -0.494 e. The number of carbonyl (C=O) groups excluding carboxylic acids is 1. The number of benzene rings is 1. The average Bonchev–Trinajstić information content (AvgIpc) is 3.13. The van der Waals surface area contributed by atoms with Crippen LogP contribution in [0, 0.1) is 0 Å². The van der Waals surface area contributed by atoms with E-state index in [2.05, 4.69) is 10.0 Å². The van der Waals surface area contributed by atoms with Gasteiger partial charge in [-0.25, -0.2) is 16.8 Å². The molecule has 0 saturated carbocycles. The Morgan fingerprint density at radius 3 is 2.57 bits per heavy atom. The number of methoxy groups -OCH3 is 1. The molecule has 28 heavy (non-hydrogen) atoms. The van der Waals surface area contributed by atoms with Crippen molar-refractivity contribution in [3.05, 3.63) is 18.2 Å². The lowest BCUT2D eigenvalue weighted by Crippen LogP contribution is -2.44. The molecule has 2 rings (SSSR count). The lowest BCUT2D eigenvalue weighted by atomic mass is 10.2. The van der Waals surface area contributed by atoms with Crippen LogP contribution >= 0.6 is 0 Å². The molecular formula is C17H27N3O6S2. The van der Waals surface area contributed by atoms with Crippen LogP contribution in [0.25, 0.3) is 0 Å². The van der Waals surface area contributed by atoms with Crippen molar-refractivity contribution in [1.82, 2.24) is 4.31 Å². The Kier molecular flexibility index (Phi) is 7.29. The summed E-state index contributed by atoms with van der Waals surface area (Å²) in [5, 5.41) is 2.70. The molecule has 1 saturated heterocycles. The molecule has 0 bridgehead atoms. The van der Waals surface area contributed by atoms with Crippen LogP contribution in [0.3, 0.4) is 0 Å². The normalized spacial score (nSPS) is 18.0. The van der Waals surface area contributed by atoms with Gasteiger partial charge in [0.25, 0.3) is 0 Å². The van der Waals surface area contributed by atoms with Crippen molar-refractivity contribution in [2.24, 2.45) is 0 Å². The predicted molar refractivity (Wildman–Crippen MR) is 109 cm³/mol. The number of ether oxygens (including phenoxy) is 1. The zero-order chi connectivity index (χ0) is 20.9. The summed E-state index contributed by atoms with van der Waals surface area (Å²) in [6, 6.07) is 3.77. The van der Waals surface area contributed by atoms with Gasteiger partial charge in [-0.2, -0.15) is 4.31 Å². The number of sulfonamides is 2. The fourth-order valence-corrected chi connectivity index (χ4v) is 5.42. The van der Waals surface area contributed by atoms with Gasteiger partial charge in [-0.05, 0) is 38.3 Å². The molecule has 1 aliphatic heterocycles. The Bertz CT molecular complexity index is 915. The maximum absolute atomic E-state index is 12.7. The van der Waals surface area contributed by atoms with E-state index in [4.69, 9.17) is 4.74 Å². The van der Waals surface area contributed by atoms with Crippen molar-refractivity contribution in [3.8, 4) is 5.75 Å². The van der Waals surface area contributed by atoms with Gasteiger partial charge in [0.05, 0.1) is 24.3 Å². The minimum absolute atomic E-state index is 0.0108. The van der Waals surface area contributed by atoms with Crippen LogP contribution in [0.15, 0.2) is 18.2 Å². The summed E-state index contributed by atoms with van der Waals surface area (Å²) >= 11 is 0. The van der Waals surface area contributed by atoms with Crippen molar-refractivity contribution in [1.29, 1.82) is 0 Å². The van der Waals surface area contributed by atoms with Crippen LogP contribution in [-0.2, 0) is 24.8 Å². The summed E-state index contributed by atoms with van der Waals surface area (Å²) in [6.07, 6.45) is 1.57. The zero-order valence-electron chi connectivity index (χ0n) is 16.3. The maximum atomic E-state index is 12.7. The number of nitrogens with zero attached hydrogens (tertiary/aromatic N) is 1. The SMILES string of the molecule is CCCS(=O)(=O)N1CCCC1C(=O)Nc1ccc(NS(=O)(=O)CC)c(OC)c1. The van der Waals surface area contributed by atoms with Gasteiger partial charge >= 0.3 is 0 Å². The number of amides is 1. The molecule has 1 heterocycles. The molecule has 1 unspecified atom stereocenters. The van der Waals surface area contributed by atoms with Crippen molar-refractivity contribution < 1.29 is 26.4 Å². The molecule has 0 spiro atoms. The fraction of sp³-hybridized carbons (Fsp3) is 0.588. The monoisotopic (exact) mass is 433 g/mol. The van der Waals surface area contributed by atoms with E-state index in [1.54, 1.807) is 6.92 Å². The second-order valence-corrected chi connectivity index (χ2v) is 10.5. The molecule has 1 amide bonds. The predicted octanol–water partition coefficient (Wildman–Crippen LogP) is 1.60. The molecule has 1 aromatic carbocycles. The first kappa shape index (κ1) is 22.4. The van der Waals surface area contributed by atoms with Crippen LogP contribution in [0.5, 0.6) is 5.75 Å². The average molecular weight is 434 g/mol. The first-order valence-corrected chi connectivity index (χ1v) is 12.4. The number of hydrogen-bond donors (Lipinski definition) is 2. The van der Waals surface area contributed by atoms with Crippen LogP contribution in [0.1, 0.15) is 33.1 Å². The van der Waals surface area contributed by atoms with E-state index in [0.717, 1.165) is 0 Å². The van der Waals surface area contributed by atoms with Gasteiger partial charge in [0.1, 0.15) is 11.8 Å². The zero-order valence-corrected chi connectivity index (χ0v) is 17.9. The third-order valence-corrected chi connectivity index (χ3v) is 7.81. The number of anilines is 2. The lowest BCUT2D eigenvalue weighted by molar-refractivity contribution is -0.119. The summed E-state index contributed by atoms with van der Waals surface area (Å²) in [4.78, 5) is 12.7. The van der Waals surface area contributed by atoms with E-state index in [0.29, 0.717) is 31.5 Å². The molecule has 1 atom stereocenters. The summed E-state index contributed by atoms with van der Waals surface area (Å²) in [5.41, 5.74) is 0.649. The molecule has 0 aliphatic carbocycles. The molecule has 0 aromatic heterocycles. The smallest absolute Gasteiger partial charge is 0.242 e. The quantitative estimate of drug-likeness (QED) is 0.610. The van der Waals surface area contributed by atoms with Crippen molar-refractivity contribution in [3.63, 3.8) is 0 Å². The topological polar surface area (TPSA) is 122 Å². The van der Waals surface area contributed by atoms with Crippen LogP contribution < -0.4 is 14.8 Å². The third kappa shape index (κ3) is 5.36. The minimum atomic E-state index is -3.47. The Morgan fingerprint density at radius 2 is 1.96 bits per heavy atom. The number of nitrogens with one attached hydrogen (secondary N) is 2. The van der Waals surface area contributed by atoms with Crippen molar-refractivity contribution >= 4 is 37.3 Å². The second kappa shape index (κ2) is 9.10. The van der Waals surface area contributed by atoms with Gasteiger partial charge in [-0.15, -0.1) is 0 Å². The van der Waals surface area contributed by atoms with E-state index in [1.807, 2.05) is 0 Å². The summed E-state index contributed by atoms with van der Waals surface area (Å²) < 4.78 is 57.1. The molecule has 2 N–H and O–H groups in total. The first-order chi connectivity index (χ1) is 13.1. The third-order valence-electron chi connectivity index (χ3n) is 4.44. The second-order valence-electron chi connectivity index (χ2n) is 6.49. The summed E-state index contributed by atoms with van der Waals surface area (Å²) in [7, 11) is -5.55. The highest BCUT2D eigenvalue weighted by atomic mass is 32.2. The lowest BCUT2D eigenvalue weighted by Gasteiger charge is -2.23. The number of carbonyl (C=O) groups is 1. The van der Waals surface area contributed by atoms with E-state index < -0.39 is 32.0 Å². The van der Waals surface area contributed by atoms with Gasteiger partial charge in [0.15, 0.2) is 0 Å². The molecule has 158 valence electrons. The molecule has 0 radical (unpaired) electrons. The molecule has 9 nitrogen and oxygen atoms in total. The molecule has 1 aromatic rings. The van der Waals surface area contributed by atoms with Crippen LogP contribution in [0.4, 0.5) is 11.4 Å². The van der Waals surface area contributed by atoms with Gasteiger partial charge in [-0.1, -0.05) is 6.92 Å². The van der Waals surface area contributed by atoms with Crippen molar-refractivity contribution in [2.75, 3.05) is 35.2 Å². The number of rotatable bonds is 9. The molecule has 1 fully saturated rings. The number of hydrogen-bond acceptors (Lipinski definition) is 6. The summed E-state index contributed by atoms with van der Waals surface area (Å²) in [6.45, 7) is 3.63. The van der Waals surface area contributed by atoms with Crippen LogP contribution in [-0.4, -0.2) is 58.3 Å². The fourth-order valence-electron chi connectivity index (χ4n) is 3.03. The van der Waals surface area contributed by atoms with Crippen LogP contribution in [0.2, 0.25) is 0 Å². The van der Waals surface area contributed by atoms with Gasteiger partial charge in [-0.3, -0.25) is 9.52 Å². The van der Waals surface area contributed by atoms with E-state index in [1.165, 1.54) is 36.5 Å². The molecular weight excluding hydrogens is 406 g/mol. The Hall–Kier alpha value is -1.85.